The van der Waals surface area contributed by atoms with Crippen LogP contribution in [0.25, 0.3) is 11.1 Å². The molecule has 0 aliphatic heterocycles. The fourth-order valence-corrected chi connectivity index (χ4v) is 5.74. The standard InChI is InChI=1S/C22H16Cl2N2OS2/c23-16-6-7-18(19(24)12-16)20(13-26-10-9-25-14-26)29-22(27)21-17(8-11-28-21)15-4-2-1-3-5-15/h1-12,14,20H,13H2. The third kappa shape index (κ3) is 4.75. The van der Waals surface area contributed by atoms with Gasteiger partial charge in [-0.15, -0.1) is 11.3 Å². The van der Waals surface area contributed by atoms with E-state index in [1.54, 1.807) is 24.7 Å². The molecule has 7 heteroatoms. The highest BCUT2D eigenvalue weighted by molar-refractivity contribution is 8.14. The van der Waals surface area contributed by atoms with E-state index in [2.05, 4.69) is 4.98 Å². The Morgan fingerprint density at radius 1 is 1.14 bits per heavy atom. The van der Waals surface area contributed by atoms with Crippen LogP contribution in [-0.2, 0) is 6.54 Å². The highest BCUT2D eigenvalue weighted by atomic mass is 35.5. The summed E-state index contributed by atoms with van der Waals surface area (Å²) in [5.74, 6) is 0. The van der Waals surface area contributed by atoms with Crippen LogP contribution >= 0.6 is 46.3 Å². The molecule has 0 fully saturated rings. The van der Waals surface area contributed by atoms with Gasteiger partial charge in [0, 0.05) is 34.5 Å². The smallest absolute Gasteiger partial charge is 0.230 e. The van der Waals surface area contributed by atoms with Crippen molar-refractivity contribution in [3.8, 4) is 11.1 Å². The molecule has 2 aromatic carbocycles. The van der Waals surface area contributed by atoms with Crippen molar-refractivity contribution in [3.05, 3.63) is 99.2 Å². The minimum atomic E-state index is -0.174. The lowest BCUT2D eigenvalue weighted by Gasteiger charge is -2.18. The maximum absolute atomic E-state index is 13.3. The Bertz CT molecular complexity index is 1110. The number of imidazole rings is 1. The number of hydrogen-bond acceptors (Lipinski definition) is 4. The van der Waals surface area contributed by atoms with E-state index in [1.165, 1.54) is 23.1 Å². The number of halogens is 2. The van der Waals surface area contributed by atoms with Crippen molar-refractivity contribution in [2.45, 2.75) is 11.8 Å². The first-order valence-corrected chi connectivity index (χ1v) is 11.4. The van der Waals surface area contributed by atoms with Crippen molar-refractivity contribution >= 4 is 51.4 Å². The number of hydrogen-bond donors (Lipinski definition) is 0. The van der Waals surface area contributed by atoms with Crippen molar-refractivity contribution in [2.24, 2.45) is 0 Å². The average molecular weight is 459 g/mol. The van der Waals surface area contributed by atoms with E-state index < -0.39 is 0 Å². The van der Waals surface area contributed by atoms with Gasteiger partial charge in [0.1, 0.15) is 0 Å². The monoisotopic (exact) mass is 458 g/mol. The van der Waals surface area contributed by atoms with Gasteiger partial charge in [-0.25, -0.2) is 4.98 Å². The third-order valence-corrected chi connectivity index (χ3v) is 7.14. The Morgan fingerprint density at radius 2 is 1.97 bits per heavy atom. The van der Waals surface area contributed by atoms with Gasteiger partial charge in [-0.2, -0.15) is 0 Å². The van der Waals surface area contributed by atoms with Gasteiger partial charge in [-0.1, -0.05) is 71.4 Å². The second-order valence-corrected chi connectivity index (χ2v) is 9.28. The number of nitrogens with zero attached hydrogens (tertiary/aromatic N) is 2. The number of carbonyl (C=O) groups is 1. The maximum Gasteiger partial charge on any atom is 0.230 e. The molecule has 0 saturated heterocycles. The first-order valence-electron chi connectivity index (χ1n) is 8.86. The van der Waals surface area contributed by atoms with Gasteiger partial charge in [0.15, 0.2) is 0 Å². The molecule has 0 saturated carbocycles. The summed E-state index contributed by atoms with van der Waals surface area (Å²) in [6.45, 7) is 0.573. The van der Waals surface area contributed by atoms with Crippen LogP contribution in [0.1, 0.15) is 20.5 Å². The quantitative estimate of drug-likeness (QED) is 0.305. The molecule has 146 valence electrons. The summed E-state index contributed by atoms with van der Waals surface area (Å²) >= 11 is 15.3. The fraction of sp³-hybridized carbons (Fsp3) is 0.0909. The largest absolute Gasteiger partial charge is 0.336 e. The normalized spacial score (nSPS) is 12.1. The lowest BCUT2D eigenvalue weighted by atomic mass is 10.1. The molecule has 0 aliphatic rings. The predicted octanol–water partition coefficient (Wildman–Crippen LogP) is 7.23. The Labute approximate surface area is 187 Å². The molecule has 0 bridgehead atoms. The number of thioether (sulfide) groups is 1. The van der Waals surface area contributed by atoms with Crippen LogP contribution in [0, 0.1) is 0 Å². The molecule has 1 unspecified atom stereocenters. The summed E-state index contributed by atoms with van der Waals surface area (Å²) in [5, 5.41) is 2.93. The predicted molar refractivity (Wildman–Crippen MR) is 123 cm³/mol. The summed E-state index contributed by atoms with van der Waals surface area (Å²) in [5.41, 5.74) is 2.87. The van der Waals surface area contributed by atoms with Crippen molar-refractivity contribution < 1.29 is 4.79 Å². The summed E-state index contributed by atoms with van der Waals surface area (Å²) in [7, 11) is 0. The van der Waals surface area contributed by atoms with Crippen LogP contribution in [0.3, 0.4) is 0 Å². The van der Waals surface area contributed by atoms with Gasteiger partial charge in [0.25, 0.3) is 0 Å². The molecule has 2 heterocycles. The Hall–Kier alpha value is -2.05. The minimum absolute atomic E-state index is 0.0231. The molecule has 0 amide bonds. The molecule has 0 aliphatic carbocycles. The summed E-state index contributed by atoms with van der Waals surface area (Å²) in [6.07, 6.45) is 5.34. The Kier molecular flexibility index (Phi) is 6.40. The highest BCUT2D eigenvalue weighted by Crippen LogP contribution is 2.40. The van der Waals surface area contributed by atoms with Crippen LogP contribution in [-0.4, -0.2) is 14.7 Å². The molecule has 0 spiro atoms. The van der Waals surface area contributed by atoms with Crippen LogP contribution < -0.4 is 0 Å². The fourth-order valence-electron chi connectivity index (χ4n) is 3.04. The molecule has 0 N–H and O–H groups in total. The molecule has 0 radical (unpaired) electrons. The van der Waals surface area contributed by atoms with Gasteiger partial charge in [0.2, 0.25) is 5.12 Å². The number of rotatable bonds is 6. The van der Waals surface area contributed by atoms with Crippen molar-refractivity contribution in [1.29, 1.82) is 0 Å². The van der Waals surface area contributed by atoms with Crippen molar-refractivity contribution in [3.63, 3.8) is 0 Å². The second kappa shape index (κ2) is 9.18. The second-order valence-electron chi connectivity index (χ2n) is 6.35. The number of aromatic nitrogens is 2. The molecular formula is C22H16Cl2N2OS2. The van der Waals surface area contributed by atoms with E-state index in [9.17, 15) is 4.79 Å². The molecule has 4 aromatic rings. The Morgan fingerprint density at radius 3 is 2.69 bits per heavy atom. The third-order valence-electron chi connectivity index (χ3n) is 4.43. The van der Waals surface area contributed by atoms with Gasteiger partial charge in [-0.05, 0) is 34.7 Å². The minimum Gasteiger partial charge on any atom is -0.336 e. The average Bonchev–Trinajstić information content (AvgIpc) is 3.40. The van der Waals surface area contributed by atoms with E-state index in [-0.39, 0.29) is 10.4 Å². The van der Waals surface area contributed by atoms with E-state index in [0.29, 0.717) is 16.6 Å². The van der Waals surface area contributed by atoms with Crippen molar-refractivity contribution in [1.82, 2.24) is 9.55 Å². The first-order chi connectivity index (χ1) is 14.1. The lowest BCUT2D eigenvalue weighted by Crippen LogP contribution is -2.08. The van der Waals surface area contributed by atoms with E-state index in [0.717, 1.165) is 21.6 Å². The molecular weight excluding hydrogens is 443 g/mol. The zero-order chi connectivity index (χ0) is 20.2. The molecule has 1 atom stereocenters. The van der Waals surface area contributed by atoms with Crippen molar-refractivity contribution in [2.75, 3.05) is 0 Å². The zero-order valence-electron chi connectivity index (χ0n) is 15.2. The van der Waals surface area contributed by atoms with Crippen LogP contribution in [0.15, 0.2) is 78.7 Å². The van der Waals surface area contributed by atoms with E-state index >= 15 is 0 Å². The number of thiophene rings is 1. The number of benzene rings is 2. The molecule has 2 aromatic heterocycles. The summed E-state index contributed by atoms with van der Waals surface area (Å²) in [4.78, 5) is 18.1. The van der Waals surface area contributed by atoms with E-state index in [4.69, 9.17) is 23.2 Å². The van der Waals surface area contributed by atoms with Crippen LogP contribution in [0.2, 0.25) is 10.0 Å². The van der Waals surface area contributed by atoms with Gasteiger partial charge < -0.3 is 4.57 Å². The SMILES string of the molecule is O=C(SC(Cn1ccnc1)c1ccc(Cl)cc1Cl)c1sccc1-c1ccccc1. The highest BCUT2D eigenvalue weighted by Gasteiger charge is 2.24. The summed E-state index contributed by atoms with van der Waals surface area (Å²) in [6, 6.07) is 17.3. The van der Waals surface area contributed by atoms with E-state index in [1.807, 2.05) is 58.6 Å². The molecule has 4 rings (SSSR count). The zero-order valence-corrected chi connectivity index (χ0v) is 18.3. The summed E-state index contributed by atoms with van der Waals surface area (Å²) < 4.78 is 1.95. The molecule has 29 heavy (non-hydrogen) atoms. The van der Waals surface area contributed by atoms with Gasteiger partial charge in [-0.3, -0.25) is 4.79 Å². The van der Waals surface area contributed by atoms with Crippen LogP contribution in [0.4, 0.5) is 0 Å². The first kappa shape index (κ1) is 20.2. The van der Waals surface area contributed by atoms with Crippen LogP contribution in [0.5, 0.6) is 0 Å². The van der Waals surface area contributed by atoms with Gasteiger partial charge >= 0.3 is 0 Å². The van der Waals surface area contributed by atoms with Gasteiger partial charge in [0.05, 0.1) is 16.5 Å². The number of carbonyl (C=O) groups excluding carboxylic acids is 1. The maximum atomic E-state index is 13.3. The lowest BCUT2D eigenvalue weighted by molar-refractivity contribution is 0.109. The molecule has 3 nitrogen and oxygen atoms in total. The Balaban J connectivity index is 1.64. The topological polar surface area (TPSA) is 34.9 Å².